The van der Waals surface area contributed by atoms with Crippen LogP contribution in [0.5, 0.6) is 0 Å². The second kappa shape index (κ2) is 5.52. The average Bonchev–Trinajstić information content (AvgIpc) is 2.79. The topological polar surface area (TPSA) is 54.4 Å². The number of carbonyl (C=O) groups excluding carboxylic acids is 2. The monoisotopic (exact) mass is 344 g/mol. The van der Waals surface area contributed by atoms with Crippen molar-refractivity contribution in [3.63, 3.8) is 0 Å². The van der Waals surface area contributed by atoms with Gasteiger partial charge in [-0.05, 0) is 61.7 Å². The molecule has 3 nitrogen and oxygen atoms in total. The number of Topliss-reactive ketones (excluding diaryl/α,β-unsaturated/α-hetero) is 2. The van der Waals surface area contributed by atoms with E-state index in [4.69, 9.17) is 0 Å². The van der Waals surface area contributed by atoms with Gasteiger partial charge in [0.05, 0.1) is 6.10 Å². The van der Waals surface area contributed by atoms with Gasteiger partial charge in [-0.1, -0.05) is 32.4 Å². The second-order valence-corrected chi connectivity index (χ2v) is 9.90. The zero-order valence-corrected chi connectivity index (χ0v) is 16.0. The molecule has 1 unspecified atom stereocenters. The van der Waals surface area contributed by atoms with Crippen LogP contribution in [0.25, 0.3) is 0 Å². The summed E-state index contributed by atoms with van der Waals surface area (Å²) >= 11 is 0. The molecule has 0 aliphatic heterocycles. The number of hydrogen-bond donors (Lipinski definition) is 1. The SMILES string of the molecule is CC(=O)[C@H]1[C@H](C)C[C@H]2[C@@H]3CC[C@H]4CC(=O)CC(O)[C@]4(C)C3=CC[C@@]21C. The van der Waals surface area contributed by atoms with E-state index in [1.807, 2.05) is 0 Å². The molecule has 3 saturated carbocycles. The predicted molar refractivity (Wildman–Crippen MR) is 96.8 cm³/mol. The molecule has 0 aromatic carbocycles. The number of allylic oxidation sites excluding steroid dienone is 1. The van der Waals surface area contributed by atoms with Crippen LogP contribution in [-0.4, -0.2) is 22.8 Å². The van der Waals surface area contributed by atoms with E-state index >= 15 is 0 Å². The molecule has 25 heavy (non-hydrogen) atoms. The summed E-state index contributed by atoms with van der Waals surface area (Å²) < 4.78 is 0. The summed E-state index contributed by atoms with van der Waals surface area (Å²) in [7, 11) is 0. The third-order valence-corrected chi connectivity index (χ3v) is 8.72. The maximum absolute atomic E-state index is 12.4. The Morgan fingerprint density at radius 2 is 1.96 bits per heavy atom. The zero-order chi connectivity index (χ0) is 18.1. The minimum absolute atomic E-state index is 0.0675. The molecule has 3 fully saturated rings. The summed E-state index contributed by atoms with van der Waals surface area (Å²) in [4.78, 5) is 24.4. The lowest BCUT2D eigenvalue weighted by Crippen LogP contribution is -2.54. The lowest BCUT2D eigenvalue weighted by atomic mass is 9.48. The van der Waals surface area contributed by atoms with Gasteiger partial charge < -0.3 is 5.11 Å². The summed E-state index contributed by atoms with van der Waals surface area (Å²) in [6, 6.07) is 0. The molecule has 0 aromatic heterocycles. The largest absolute Gasteiger partial charge is 0.392 e. The predicted octanol–water partition coefficient (Wildman–Crippen LogP) is 3.94. The van der Waals surface area contributed by atoms with Gasteiger partial charge in [0, 0.05) is 24.2 Å². The fraction of sp³-hybridized carbons (Fsp3) is 0.818. The van der Waals surface area contributed by atoms with E-state index in [1.54, 1.807) is 6.92 Å². The number of ketones is 2. The molecular weight excluding hydrogens is 312 g/mol. The van der Waals surface area contributed by atoms with Crippen molar-refractivity contribution >= 4 is 11.6 Å². The minimum atomic E-state index is -0.542. The van der Waals surface area contributed by atoms with Gasteiger partial charge >= 0.3 is 0 Å². The third-order valence-electron chi connectivity index (χ3n) is 8.72. The lowest BCUT2D eigenvalue weighted by molar-refractivity contribution is -0.135. The fourth-order valence-electron chi connectivity index (χ4n) is 7.61. The van der Waals surface area contributed by atoms with Crippen LogP contribution in [-0.2, 0) is 9.59 Å². The van der Waals surface area contributed by atoms with Crippen LogP contribution in [0.4, 0.5) is 0 Å². The van der Waals surface area contributed by atoms with Crippen LogP contribution in [0.15, 0.2) is 11.6 Å². The molecular formula is C22H32O3. The minimum Gasteiger partial charge on any atom is -0.392 e. The quantitative estimate of drug-likeness (QED) is 0.733. The Bertz CT molecular complexity index is 650. The van der Waals surface area contributed by atoms with Crippen molar-refractivity contribution < 1.29 is 14.7 Å². The lowest BCUT2D eigenvalue weighted by Gasteiger charge is -2.57. The highest BCUT2D eigenvalue weighted by molar-refractivity contribution is 5.81. The Morgan fingerprint density at radius 1 is 1.24 bits per heavy atom. The first kappa shape index (κ1) is 17.5. The van der Waals surface area contributed by atoms with Gasteiger partial charge in [-0.3, -0.25) is 9.59 Å². The summed E-state index contributed by atoms with van der Waals surface area (Å²) in [6.45, 7) is 8.55. The van der Waals surface area contributed by atoms with Crippen molar-refractivity contribution in [1.29, 1.82) is 0 Å². The maximum Gasteiger partial charge on any atom is 0.135 e. The molecule has 0 saturated heterocycles. The molecule has 0 bridgehead atoms. The summed E-state index contributed by atoms with van der Waals surface area (Å²) in [5.74, 6) is 2.49. The molecule has 0 heterocycles. The average molecular weight is 344 g/mol. The Balaban J connectivity index is 1.74. The third kappa shape index (κ3) is 2.20. The Morgan fingerprint density at radius 3 is 2.64 bits per heavy atom. The summed E-state index contributed by atoms with van der Waals surface area (Å²) in [5.41, 5.74) is 1.25. The van der Waals surface area contributed by atoms with Gasteiger partial charge in [0.1, 0.15) is 11.6 Å². The number of aliphatic hydroxyl groups excluding tert-OH is 1. The number of aliphatic hydroxyl groups is 1. The van der Waals surface area contributed by atoms with Gasteiger partial charge in [-0.25, -0.2) is 0 Å². The van der Waals surface area contributed by atoms with E-state index < -0.39 is 6.10 Å². The number of fused-ring (bicyclic) bond motifs is 5. The van der Waals surface area contributed by atoms with Crippen LogP contribution in [0.1, 0.15) is 66.2 Å². The first-order valence-corrected chi connectivity index (χ1v) is 10.1. The van der Waals surface area contributed by atoms with Crippen molar-refractivity contribution in [2.24, 2.45) is 40.4 Å². The van der Waals surface area contributed by atoms with Crippen molar-refractivity contribution in [2.45, 2.75) is 72.3 Å². The summed E-state index contributed by atoms with van der Waals surface area (Å²) in [6.07, 6.45) is 6.99. The van der Waals surface area contributed by atoms with E-state index in [0.29, 0.717) is 36.4 Å². The standard InChI is InChI=1S/C22H32O3/c1-12-9-18-16-6-5-14-10-15(24)11-19(25)22(14,4)17(16)7-8-21(18,3)20(12)13(2)23/h7,12,14,16,18-20,25H,5-6,8-11H2,1-4H3/t12-,14+,16-,18+,19?,20-,21+,22+/m1/s1. The van der Waals surface area contributed by atoms with E-state index in [0.717, 1.165) is 25.7 Å². The van der Waals surface area contributed by atoms with Crippen LogP contribution in [0.3, 0.4) is 0 Å². The first-order valence-electron chi connectivity index (χ1n) is 10.1. The van der Waals surface area contributed by atoms with Crippen LogP contribution in [0, 0.1) is 40.4 Å². The molecule has 0 radical (unpaired) electrons. The Labute approximate surface area is 151 Å². The van der Waals surface area contributed by atoms with Crippen LogP contribution < -0.4 is 0 Å². The van der Waals surface area contributed by atoms with Gasteiger partial charge in [-0.2, -0.15) is 0 Å². The molecule has 0 amide bonds. The fourth-order valence-corrected chi connectivity index (χ4v) is 7.61. The molecule has 0 spiro atoms. The highest BCUT2D eigenvalue weighted by Gasteiger charge is 2.61. The van der Waals surface area contributed by atoms with Crippen LogP contribution >= 0.6 is 0 Å². The van der Waals surface area contributed by atoms with E-state index in [-0.39, 0.29) is 28.4 Å². The summed E-state index contributed by atoms with van der Waals surface area (Å²) in [5, 5.41) is 10.9. The highest BCUT2D eigenvalue weighted by Crippen LogP contribution is 2.66. The van der Waals surface area contributed by atoms with Crippen molar-refractivity contribution in [3.8, 4) is 0 Å². The molecule has 3 heteroatoms. The smallest absolute Gasteiger partial charge is 0.135 e. The van der Waals surface area contributed by atoms with Gasteiger partial charge in [0.15, 0.2) is 0 Å². The molecule has 138 valence electrons. The molecule has 4 aliphatic rings. The number of carbonyl (C=O) groups is 2. The molecule has 8 atom stereocenters. The van der Waals surface area contributed by atoms with Gasteiger partial charge in [-0.15, -0.1) is 0 Å². The Kier molecular flexibility index (Phi) is 3.85. The van der Waals surface area contributed by atoms with Gasteiger partial charge in [0.2, 0.25) is 0 Å². The first-order chi connectivity index (χ1) is 11.7. The molecule has 4 aliphatic carbocycles. The number of hydrogen-bond acceptors (Lipinski definition) is 3. The van der Waals surface area contributed by atoms with Gasteiger partial charge in [0.25, 0.3) is 0 Å². The molecule has 1 N–H and O–H groups in total. The second-order valence-electron chi connectivity index (χ2n) is 9.90. The molecule has 4 rings (SSSR count). The van der Waals surface area contributed by atoms with Crippen molar-refractivity contribution in [2.75, 3.05) is 0 Å². The maximum atomic E-state index is 12.4. The van der Waals surface area contributed by atoms with E-state index in [9.17, 15) is 14.7 Å². The number of rotatable bonds is 1. The Hall–Kier alpha value is -0.960. The van der Waals surface area contributed by atoms with Crippen molar-refractivity contribution in [1.82, 2.24) is 0 Å². The zero-order valence-electron chi connectivity index (χ0n) is 16.0. The highest BCUT2D eigenvalue weighted by atomic mass is 16.3. The normalized spacial score (nSPS) is 52.0. The van der Waals surface area contributed by atoms with E-state index in [1.165, 1.54) is 5.57 Å². The molecule has 0 aromatic rings. The van der Waals surface area contributed by atoms with E-state index in [2.05, 4.69) is 26.8 Å². The van der Waals surface area contributed by atoms with Crippen molar-refractivity contribution in [3.05, 3.63) is 11.6 Å². The van der Waals surface area contributed by atoms with Crippen LogP contribution in [0.2, 0.25) is 0 Å².